The zero-order valence-electron chi connectivity index (χ0n) is 15.5. The molecule has 4 rings (SSSR count). The van der Waals surface area contributed by atoms with Crippen molar-refractivity contribution in [3.8, 4) is 0 Å². The molecule has 0 saturated carbocycles. The number of hydrogen-bond donors (Lipinski definition) is 1. The molecule has 1 N–H and O–H groups in total. The number of halogens is 1. The molecule has 146 valence electrons. The highest BCUT2D eigenvalue weighted by Crippen LogP contribution is 2.39. The summed E-state index contributed by atoms with van der Waals surface area (Å²) < 4.78 is 0. The Balaban J connectivity index is 1.47. The van der Waals surface area contributed by atoms with Crippen LogP contribution in [-0.4, -0.2) is 22.5 Å². The highest BCUT2D eigenvalue weighted by atomic mass is 35.5. The molecule has 4 nitrogen and oxygen atoms in total. The molecule has 1 aliphatic rings. The van der Waals surface area contributed by atoms with Crippen LogP contribution in [0.5, 0.6) is 0 Å². The van der Waals surface area contributed by atoms with Crippen LogP contribution in [0.25, 0.3) is 0 Å². The van der Waals surface area contributed by atoms with E-state index >= 15 is 0 Å². The maximum atomic E-state index is 12.4. The van der Waals surface area contributed by atoms with E-state index in [2.05, 4.69) is 5.32 Å². The van der Waals surface area contributed by atoms with Gasteiger partial charge in [0.1, 0.15) is 5.37 Å². The van der Waals surface area contributed by atoms with E-state index in [-0.39, 0.29) is 17.2 Å². The predicted molar refractivity (Wildman–Crippen MR) is 118 cm³/mol. The van der Waals surface area contributed by atoms with Gasteiger partial charge in [-0.2, -0.15) is 0 Å². The number of para-hydroxylation sites is 1. The number of benzene rings is 3. The molecule has 0 unspecified atom stereocenters. The van der Waals surface area contributed by atoms with Gasteiger partial charge < -0.3 is 10.2 Å². The third kappa shape index (κ3) is 4.63. The standard InChI is InChI=1S/C23H19ClN2O2S/c24-19-12-6-16(7-13-19)14-26-21(27)15-29-23(26)18-10-8-17(9-11-18)22(28)25-20-4-2-1-3-5-20/h1-13,23H,14-15H2,(H,25,28)/t23-/m0/s1. The van der Waals surface area contributed by atoms with Crippen molar-refractivity contribution >= 4 is 40.9 Å². The summed E-state index contributed by atoms with van der Waals surface area (Å²) in [7, 11) is 0. The maximum absolute atomic E-state index is 12.4. The van der Waals surface area contributed by atoms with Crippen LogP contribution in [-0.2, 0) is 11.3 Å². The smallest absolute Gasteiger partial charge is 0.255 e. The van der Waals surface area contributed by atoms with Gasteiger partial charge in [0.15, 0.2) is 0 Å². The minimum absolute atomic E-state index is 0.0654. The van der Waals surface area contributed by atoms with Crippen molar-refractivity contribution in [3.05, 3.63) is 101 Å². The van der Waals surface area contributed by atoms with Gasteiger partial charge in [0.25, 0.3) is 5.91 Å². The first-order valence-corrected chi connectivity index (χ1v) is 10.6. The van der Waals surface area contributed by atoms with E-state index in [1.807, 2.05) is 71.6 Å². The fourth-order valence-electron chi connectivity index (χ4n) is 3.21. The molecule has 29 heavy (non-hydrogen) atoms. The average molecular weight is 423 g/mol. The molecule has 0 radical (unpaired) electrons. The number of hydrogen-bond acceptors (Lipinski definition) is 3. The van der Waals surface area contributed by atoms with Crippen molar-refractivity contribution < 1.29 is 9.59 Å². The van der Waals surface area contributed by atoms with Crippen LogP contribution in [0.1, 0.15) is 26.9 Å². The normalized spacial score (nSPS) is 16.1. The molecule has 3 aromatic rings. The Morgan fingerprint density at radius 2 is 1.69 bits per heavy atom. The van der Waals surface area contributed by atoms with Crippen molar-refractivity contribution in [1.82, 2.24) is 4.90 Å². The lowest BCUT2D eigenvalue weighted by molar-refractivity contribution is -0.128. The molecule has 0 bridgehead atoms. The van der Waals surface area contributed by atoms with Crippen molar-refractivity contribution in [3.63, 3.8) is 0 Å². The summed E-state index contributed by atoms with van der Waals surface area (Å²) >= 11 is 7.56. The monoisotopic (exact) mass is 422 g/mol. The molecular formula is C23H19ClN2O2S. The number of nitrogens with one attached hydrogen (secondary N) is 1. The lowest BCUT2D eigenvalue weighted by Gasteiger charge is -2.24. The Labute approximate surface area is 178 Å². The van der Waals surface area contributed by atoms with Crippen LogP contribution >= 0.6 is 23.4 Å². The van der Waals surface area contributed by atoms with E-state index in [9.17, 15) is 9.59 Å². The molecule has 0 spiro atoms. The van der Waals surface area contributed by atoms with Crippen LogP contribution in [0.3, 0.4) is 0 Å². The van der Waals surface area contributed by atoms with Crippen LogP contribution < -0.4 is 5.32 Å². The summed E-state index contributed by atoms with van der Waals surface area (Å²) in [5.74, 6) is 0.408. The van der Waals surface area contributed by atoms with Crippen LogP contribution in [0.15, 0.2) is 78.9 Å². The Kier molecular flexibility index (Phi) is 5.88. The van der Waals surface area contributed by atoms with Gasteiger partial charge in [-0.3, -0.25) is 9.59 Å². The molecular weight excluding hydrogens is 404 g/mol. The number of anilines is 1. The van der Waals surface area contributed by atoms with Gasteiger partial charge in [0.05, 0.1) is 5.75 Å². The first kappa shape index (κ1) is 19.6. The first-order valence-electron chi connectivity index (χ1n) is 9.22. The third-order valence-corrected chi connectivity index (χ3v) is 6.23. The molecule has 1 heterocycles. The van der Waals surface area contributed by atoms with E-state index < -0.39 is 0 Å². The maximum Gasteiger partial charge on any atom is 0.255 e. The number of thioether (sulfide) groups is 1. The SMILES string of the molecule is O=C(Nc1ccccc1)c1ccc([C@@H]2SCC(=O)N2Cc2ccc(Cl)cc2)cc1. The molecule has 6 heteroatoms. The van der Waals surface area contributed by atoms with Gasteiger partial charge in [-0.25, -0.2) is 0 Å². The van der Waals surface area contributed by atoms with Crippen molar-refractivity contribution in [1.29, 1.82) is 0 Å². The van der Waals surface area contributed by atoms with E-state index in [1.54, 1.807) is 23.9 Å². The second-order valence-electron chi connectivity index (χ2n) is 6.75. The Bertz CT molecular complexity index is 1010. The fraction of sp³-hybridized carbons (Fsp3) is 0.130. The molecule has 1 saturated heterocycles. The van der Waals surface area contributed by atoms with Crippen molar-refractivity contribution in [2.75, 3.05) is 11.1 Å². The molecule has 1 atom stereocenters. The van der Waals surface area contributed by atoms with Crippen molar-refractivity contribution in [2.45, 2.75) is 11.9 Å². The molecule has 0 aliphatic carbocycles. The fourth-order valence-corrected chi connectivity index (χ4v) is 4.53. The first-order chi connectivity index (χ1) is 14.1. The summed E-state index contributed by atoms with van der Waals surface area (Å²) in [5.41, 5.74) is 3.38. The lowest BCUT2D eigenvalue weighted by Crippen LogP contribution is -2.27. The molecule has 3 aromatic carbocycles. The molecule has 1 fully saturated rings. The second kappa shape index (κ2) is 8.72. The minimum atomic E-state index is -0.157. The van der Waals surface area contributed by atoms with Crippen LogP contribution in [0.4, 0.5) is 5.69 Å². The third-order valence-electron chi connectivity index (χ3n) is 4.72. The number of carbonyl (C=O) groups is 2. The summed E-state index contributed by atoms with van der Waals surface area (Å²) in [4.78, 5) is 26.7. The van der Waals surface area contributed by atoms with Gasteiger partial charge in [0.2, 0.25) is 5.91 Å². The summed E-state index contributed by atoms with van der Waals surface area (Å²) in [6, 6.07) is 24.3. The van der Waals surface area contributed by atoms with Crippen LogP contribution in [0.2, 0.25) is 5.02 Å². The van der Waals surface area contributed by atoms with E-state index in [4.69, 9.17) is 11.6 Å². The zero-order chi connectivity index (χ0) is 20.2. The summed E-state index contributed by atoms with van der Waals surface area (Å²) in [6.45, 7) is 0.532. The number of amides is 2. The van der Waals surface area contributed by atoms with Gasteiger partial charge in [-0.05, 0) is 47.5 Å². The highest BCUT2D eigenvalue weighted by molar-refractivity contribution is 8.00. The van der Waals surface area contributed by atoms with E-state index in [1.165, 1.54) is 0 Å². The Morgan fingerprint density at radius 1 is 1.00 bits per heavy atom. The summed E-state index contributed by atoms with van der Waals surface area (Å²) in [6.07, 6.45) is 0. The van der Waals surface area contributed by atoms with Gasteiger partial charge >= 0.3 is 0 Å². The Morgan fingerprint density at radius 3 is 2.38 bits per heavy atom. The van der Waals surface area contributed by atoms with E-state index in [0.717, 1.165) is 16.8 Å². The van der Waals surface area contributed by atoms with Gasteiger partial charge in [-0.1, -0.05) is 54.1 Å². The van der Waals surface area contributed by atoms with Crippen LogP contribution in [0, 0.1) is 0 Å². The summed E-state index contributed by atoms with van der Waals surface area (Å²) in [5, 5.41) is 3.49. The Hall–Kier alpha value is -2.76. The second-order valence-corrected chi connectivity index (χ2v) is 8.26. The average Bonchev–Trinajstić information content (AvgIpc) is 3.11. The molecule has 1 aliphatic heterocycles. The zero-order valence-corrected chi connectivity index (χ0v) is 17.1. The lowest BCUT2D eigenvalue weighted by atomic mass is 10.1. The number of nitrogens with zero attached hydrogens (tertiary/aromatic N) is 1. The number of rotatable bonds is 5. The van der Waals surface area contributed by atoms with E-state index in [0.29, 0.717) is 22.9 Å². The molecule has 2 amide bonds. The molecule has 0 aromatic heterocycles. The highest BCUT2D eigenvalue weighted by Gasteiger charge is 2.32. The minimum Gasteiger partial charge on any atom is -0.322 e. The van der Waals surface area contributed by atoms with Gasteiger partial charge in [-0.15, -0.1) is 11.8 Å². The number of carbonyl (C=O) groups excluding carboxylic acids is 2. The largest absolute Gasteiger partial charge is 0.322 e. The predicted octanol–water partition coefficient (Wildman–Crippen LogP) is 5.37. The quantitative estimate of drug-likeness (QED) is 0.601. The van der Waals surface area contributed by atoms with Gasteiger partial charge in [0, 0.05) is 22.8 Å². The van der Waals surface area contributed by atoms with Crippen molar-refractivity contribution in [2.24, 2.45) is 0 Å². The topological polar surface area (TPSA) is 49.4 Å².